The SMILES string of the molecule is COC(c1ccccn1)C(N[S@+]([O-])C(C)(C)C)[C@H]1COC(C)(C)O1. The van der Waals surface area contributed by atoms with Crippen LogP contribution in [0.15, 0.2) is 24.4 Å². The van der Waals surface area contributed by atoms with E-state index in [1.54, 1.807) is 13.3 Å². The van der Waals surface area contributed by atoms with Crippen LogP contribution in [0.1, 0.15) is 46.4 Å². The Hall–Kier alpha value is -0.700. The fourth-order valence-electron chi connectivity index (χ4n) is 2.52. The minimum atomic E-state index is -1.28. The van der Waals surface area contributed by atoms with Gasteiger partial charge in [0.05, 0.1) is 12.3 Å². The fraction of sp³-hybridized carbons (Fsp3) is 0.706. The van der Waals surface area contributed by atoms with Crippen LogP contribution in [0.2, 0.25) is 0 Å². The van der Waals surface area contributed by atoms with Crippen molar-refractivity contribution in [3.8, 4) is 0 Å². The number of ether oxygens (including phenoxy) is 3. The van der Waals surface area contributed by atoms with Crippen molar-refractivity contribution in [1.82, 2.24) is 9.71 Å². The van der Waals surface area contributed by atoms with Gasteiger partial charge in [-0.1, -0.05) is 6.07 Å². The standard InChI is InChI=1S/C17H28N2O4S/c1-16(2,3)24(20)19-14(13-11-22-17(4,5)23-13)15(21-6)12-9-7-8-10-18-12/h7-10,13-15,19H,11H2,1-6H3/t13-,14?,15?,24-/m1/s1. The van der Waals surface area contributed by atoms with Crippen LogP contribution in [0.3, 0.4) is 0 Å². The van der Waals surface area contributed by atoms with Gasteiger partial charge < -0.3 is 18.8 Å². The van der Waals surface area contributed by atoms with E-state index in [-0.39, 0.29) is 12.1 Å². The van der Waals surface area contributed by atoms with Crippen LogP contribution >= 0.6 is 0 Å². The molecule has 2 unspecified atom stereocenters. The summed E-state index contributed by atoms with van der Waals surface area (Å²) in [7, 11) is 1.62. The Morgan fingerprint density at radius 2 is 2.12 bits per heavy atom. The lowest BCUT2D eigenvalue weighted by molar-refractivity contribution is -0.145. The first kappa shape index (κ1) is 19.6. The predicted molar refractivity (Wildman–Crippen MR) is 93.7 cm³/mol. The van der Waals surface area contributed by atoms with Gasteiger partial charge in [0, 0.05) is 24.7 Å². The molecular formula is C17H28N2O4S. The highest BCUT2D eigenvalue weighted by molar-refractivity contribution is 7.90. The Bertz CT molecular complexity index is 521. The predicted octanol–water partition coefficient (Wildman–Crippen LogP) is 2.34. The molecule has 2 rings (SSSR count). The van der Waals surface area contributed by atoms with Crippen LogP contribution in [0.5, 0.6) is 0 Å². The number of hydrogen-bond acceptors (Lipinski definition) is 6. The van der Waals surface area contributed by atoms with Crippen molar-refractivity contribution in [1.29, 1.82) is 0 Å². The maximum Gasteiger partial charge on any atom is 0.163 e. The number of nitrogens with zero attached hydrogens (tertiary/aromatic N) is 1. The number of rotatable bonds is 6. The lowest BCUT2D eigenvalue weighted by Gasteiger charge is -2.34. The van der Waals surface area contributed by atoms with Gasteiger partial charge in [-0.3, -0.25) is 4.98 Å². The number of nitrogens with one attached hydrogen (secondary N) is 1. The van der Waals surface area contributed by atoms with Crippen LogP contribution in [-0.2, 0) is 25.6 Å². The molecule has 0 aromatic carbocycles. The molecule has 136 valence electrons. The fourth-order valence-corrected chi connectivity index (χ4v) is 3.40. The van der Waals surface area contributed by atoms with Gasteiger partial charge in [-0.05, 0) is 46.8 Å². The molecule has 1 aliphatic rings. The zero-order chi connectivity index (χ0) is 18.0. The molecule has 24 heavy (non-hydrogen) atoms. The maximum absolute atomic E-state index is 12.7. The first-order valence-corrected chi connectivity index (χ1v) is 9.22. The molecule has 1 N–H and O–H groups in total. The number of aromatic nitrogens is 1. The highest BCUT2D eigenvalue weighted by atomic mass is 32.2. The smallest absolute Gasteiger partial charge is 0.163 e. The van der Waals surface area contributed by atoms with Gasteiger partial charge in [-0.15, -0.1) is 4.72 Å². The molecule has 0 aliphatic carbocycles. The molecule has 0 saturated carbocycles. The molecular weight excluding hydrogens is 328 g/mol. The summed E-state index contributed by atoms with van der Waals surface area (Å²) in [6.07, 6.45) is 1.02. The summed E-state index contributed by atoms with van der Waals surface area (Å²) in [6.45, 7) is 9.91. The van der Waals surface area contributed by atoms with E-state index in [1.807, 2.05) is 52.8 Å². The summed E-state index contributed by atoms with van der Waals surface area (Å²) < 4.78 is 32.8. The van der Waals surface area contributed by atoms with Crippen molar-refractivity contribution in [3.05, 3.63) is 30.1 Å². The van der Waals surface area contributed by atoms with Crippen molar-refractivity contribution in [2.75, 3.05) is 13.7 Å². The van der Waals surface area contributed by atoms with Crippen molar-refractivity contribution < 1.29 is 18.8 Å². The zero-order valence-corrected chi connectivity index (χ0v) is 16.1. The lowest BCUT2D eigenvalue weighted by atomic mass is 10.0. The van der Waals surface area contributed by atoms with Crippen LogP contribution < -0.4 is 4.72 Å². The van der Waals surface area contributed by atoms with Gasteiger partial charge in [-0.2, -0.15) is 0 Å². The molecule has 0 bridgehead atoms. The van der Waals surface area contributed by atoms with Gasteiger partial charge in [0.25, 0.3) is 0 Å². The normalized spacial score (nSPS) is 24.5. The Kier molecular flexibility index (Phi) is 6.28. The largest absolute Gasteiger partial charge is 0.598 e. The molecule has 4 atom stereocenters. The molecule has 1 saturated heterocycles. The molecule has 6 nitrogen and oxygen atoms in total. The average molecular weight is 356 g/mol. The van der Waals surface area contributed by atoms with E-state index in [1.165, 1.54) is 0 Å². The van der Waals surface area contributed by atoms with E-state index in [4.69, 9.17) is 14.2 Å². The Balaban J connectivity index is 2.27. The summed E-state index contributed by atoms with van der Waals surface area (Å²) in [4.78, 5) is 4.39. The Morgan fingerprint density at radius 3 is 2.58 bits per heavy atom. The number of methoxy groups -OCH3 is 1. The quantitative estimate of drug-likeness (QED) is 0.789. The summed E-state index contributed by atoms with van der Waals surface area (Å²) in [5.74, 6) is -0.670. The van der Waals surface area contributed by atoms with Crippen molar-refractivity contribution in [2.24, 2.45) is 0 Å². The average Bonchev–Trinajstić information content (AvgIpc) is 2.87. The van der Waals surface area contributed by atoms with Crippen molar-refractivity contribution >= 4 is 11.4 Å². The topological polar surface area (TPSA) is 75.7 Å². The number of pyridine rings is 1. The zero-order valence-electron chi connectivity index (χ0n) is 15.2. The van der Waals surface area contributed by atoms with E-state index in [0.717, 1.165) is 5.69 Å². The Morgan fingerprint density at radius 1 is 1.42 bits per heavy atom. The molecule has 7 heteroatoms. The van der Waals surface area contributed by atoms with E-state index in [0.29, 0.717) is 6.61 Å². The van der Waals surface area contributed by atoms with Crippen LogP contribution in [0.4, 0.5) is 0 Å². The highest BCUT2D eigenvalue weighted by Gasteiger charge is 2.45. The van der Waals surface area contributed by atoms with E-state index < -0.39 is 28.0 Å². The number of hydrogen-bond donors (Lipinski definition) is 1. The molecule has 0 radical (unpaired) electrons. The molecule has 0 spiro atoms. The molecule has 0 amide bonds. The molecule has 1 aliphatic heterocycles. The van der Waals surface area contributed by atoms with Gasteiger partial charge >= 0.3 is 0 Å². The molecule has 1 aromatic rings. The first-order chi connectivity index (χ1) is 11.1. The highest BCUT2D eigenvalue weighted by Crippen LogP contribution is 2.31. The lowest BCUT2D eigenvalue weighted by Crippen LogP contribution is -2.53. The molecule has 2 heterocycles. The summed E-state index contributed by atoms with van der Waals surface area (Å²) in [6, 6.07) is 5.29. The van der Waals surface area contributed by atoms with Crippen molar-refractivity contribution in [2.45, 2.75) is 63.4 Å². The third kappa shape index (κ3) is 4.91. The third-order valence-corrected chi connectivity index (χ3v) is 5.39. The minimum Gasteiger partial charge on any atom is -0.598 e. The summed E-state index contributed by atoms with van der Waals surface area (Å²) in [5.41, 5.74) is 0.761. The molecule has 1 aromatic heterocycles. The second kappa shape index (κ2) is 7.68. The van der Waals surface area contributed by atoms with E-state index in [9.17, 15) is 4.55 Å². The Labute approximate surface area is 147 Å². The van der Waals surface area contributed by atoms with Crippen LogP contribution in [-0.4, -0.2) is 45.9 Å². The van der Waals surface area contributed by atoms with Gasteiger partial charge in [0.15, 0.2) is 5.79 Å². The van der Waals surface area contributed by atoms with E-state index >= 15 is 0 Å². The second-order valence-electron chi connectivity index (χ2n) is 7.30. The third-order valence-electron chi connectivity index (χ3n) is 3.79. The molecule has 1 fully saturated rings. The van der Waals surface area contributed by atoms with Crippen LogP contribution in [0, 0.1) is 0 Å². The van der Waals surface area contributed by atoms with Crippen molar-refractivity contribution in [3.63, 3.8) is 0 Å². The van der Waals surface area contributed by atoms with Gasteiger partial charge in [-0.25, -0.2) is 0 Å². The van der Waals surface area contributed by atoms with Gasteiger partial charge in [0.1, 0.15) is 23.0 Å². The van der Waals surface area contributed by atoms with E-state index in [2.05, 4.69) is 9.71 Å². The van der Waals surface area contributed by atoms with Crippen LogP contribution in [0.25, 0.3) is 0 Å². The maximum atomic E-state index is 12.7. The van der Waals surface area contributed by atoms with Gasteiger partial charge in [0.2, 0.25) is 0 Å². The monoisotopic (exact) mass is 356 g/mol. The minimum absolute atomic E-state index is 0.293. The second-order valence-corrected chi connectivity index (χ2v) is 9.30. The summed E-state index contributed by atoms with van der Waals surface area (Å²) in [5, 5.41) is 0. The summed E-state index contributed by atoms with van der Waals surface area (Å²) >= 11 is -1.28. The first-order valence-electron chi connectivity index (χ1n) is 8.07.